The van der Waals surface area contributed by atoms with Gasteiger partial charge in [0.2, 0.25) is 0 Å². The van der Waals surface area contributed by atoms with Crippen LogP contribution >= 0.6 is 0 Å². The molecule has 5 heteroatoms. The Bertz CT molecular complexity index is 37.9. The fourth-order valence-corrected chi connectivity index (χ4v) is 0. The molecule has 0 aliphatic carbocycles. The molecule has 0 aliphatic rings. The summed E-state index contributed by atoms with van der Waals surface area (Å²) in [7, 11) is 0. The van der Waals surface area contributed by atoms with Crippen molar-refractivity contribution in [3.8, 4) is 0 Å². The van der Waals surface area contributed by atoms with Gasteiger partial charge >= 0.3 is 57.5 Å². The molecule has 3 nitrogen and oxygen atoms in total. The van der Waals surface area contributed by atoms with E-state index in [0.29, 0.717) is 0 Å². The van der Waals surface area contributed by atoms with Crippen molar-refractivity contribution in [1.82, 2.24) is 0 Å². The first-order valence-corrected chi connectivity index (χ1v) is 0.651. The van der Waals surface area contributed by atoms with Crippen molar-refractivity contribution in [3.63, 3.8) is 0 Å². The van der Waals surface area contributed by atoms with Crippen molar-refractivity contribution >= 4 is 6.16 Å². The summed E-state index contributed by atoms with van der Waals surface area (Å²) >= 11 is 0. The zero-order valence-electron chi connectivity index (χ0n) is 4.14. The molecule has 0 saturated heterocycles. The summed E-state index contributed by atoms with van der Waals surface area (Å²) in [4.78, 5) is 8.56. The Morgan fingerprint density at radius 2 is 1.50 bits per heavy atom. The van der Waals surface area contributed by atoms with Crippen LogP contribution in [-0.2, 0) is 0 Å². The Labute approximate surface area is 110 Å². The van der Waals surface area contributed by atoms with Crippen LogP contribution in [0.2, 0.25) is 0 Å². The van der Waals surface area contributed by atoms with Crippen molar-refractivity contribution in [2.75, 3.05) is 0 Å². The van der Waals surface area contributed by atoms with E-state index in [0.717, 1.165) is 0 Å². The van der Waals surface area contributed by atoms with Gasteiger partial charge in [0, 0.05) is 38.6 Å². The zero-order chi connectivity index (χ0) is 3.58. The van der Waals surface area contributed by atoms with Gasteiger partial charge in [0.1, 0.15) is 0 Å². The van der Waals surface area contributed by atoms with Crippen LogP contribution in [0.15, 0.2) is 0 Å². The van der Waals surface area contributed by atoms with E-state index in [9.17, 15) is 0 Å². The molecule has 35 valence electrons. The van der Waals surface area contributed by atoms with Crippen LogP contribution in [0.3, 0.4) is 0 Å². The summed E-state index contributed by atoms with van der Waals surface area (Å²) in [5.41, 5.74) is 0. The summed E-state index contributed by atoms with van der Waals surface area (Å²) in [6.45, 7) is 0. The van der Waals surface area contributed by atoms with Gasteiger partial charge in [0.15, 0.2) is 0 Å². The molecule has 0 aromatic heterocycles. The SMILES string of the molecule is O=C(O)O.[H-].[K+].[Tb]. The molecule has 2 N–H and O–H groups in total. The molecule has 0 spiro atoms. The van der Waals surface area contributed by atoms with Crippen molar-refractivity contribution in [1.29, 1.82) is 0 Å². The molecular formula is CH3KO3Tb. The smallest absolute Gasteiger partial charge is 1.00 e. The molecule has 1 radical (unpaired) electrons. The van der Waals surface area contributed by atoms with E-state index >= 15 is 0 Å². The van der Waals surface area contributed by atoms with E-state index in [4.69, 9.17) is 15.0 Å². The van der Waals surface area contributed by atoms with E-state index in [-0.39, 0.29) is 91.4 Å². The first kappa shape index (κ1) is 15.7. The van der Waals surface area contributed by atoms with Crippen LogP contribution in [0, 0.1) is 38.6 Å². The number of hydrogen-bond acceptors (Lipinski definition) is 1. The van der Waals surface area contributed by atoms with Gasteiger partial charge < -0.3 is 11.6 Å². The molecule has 0 heterocycles. The summed E-state index contributed by atoms with van der Waals surface area (Å²) in [5, 5.41) is 13.9. The van der Waals surface area contributed by atoms with Crippen LogP contribution in [0.1, 0.15) is 1.43 Å². The molecule has 0 unspecified atom stereocenters. The molecular weight excluding hydrogens is 258 g/mol. The van der Waals surface area contributed by atoms with Crippen LogP contribution in [0.5, 0.6) is 0 Å². The number of rotatable bonds is 0. The molecule has 0 amide bonds. The average molecular weight is 261 g/mol. The molecule has 0 aromatic carbocycles. The van der Waals surface area contributed by atoms with Gasteiger partial charge in [-0.1, -0.05) is 0 Å². The Balaban J connectivity index is -0.0000000150. The summed E-state index contributed by atoms with van der Waals surface area (Å²) in [6, 6.07) is 0. The second-order valence-corrected chi connectivity index (χ2v) is 0.283. The minimum absolute atomic E-state index is 0. The van der Waals surface area contributed by atoms with Crippen LogP contribution in [0.4, 0.5) is 4.79 Å². The van der Waals surface area contributed by atoms with E-state index < -0.39 is 6.16 Å². The molecule has 0 rings (SSSR count). The largest absolute Gasteiger partial charge is 1.00 e. The second-order valence-electron chi connectivity index (χ2n) is 0.283. The monoisotopic (exact) mass is 261 g/mol. The van der Waals surface area contributed by atoms with Gasteiger partial charge in [-0.05, 0) is 0 Å². The fourth-order valence-electron chi connectivity index (χ4n) is 0. The number of carbonyl (C=O) groups is 1. The minimum Gasteiger partial charge on any atom is -1.00 e. The standard InChI is InChI=1S/CH2O3.K.Tb.H/c2-1(3)4;;;/h(H2,2,3,4);;;/q;+1;;-1. The van der Waals surface area contributed by atoms with Crippen molar-refractivity contribution in [3.05, 3.63) is 0 Å². The maximum absolute atomic E-state index is 8.56. The van der Waals surface area contributed by atoms with E-state index in [2.05, 4.69) is 0 Å². The third kappa shape index (κ3) is 34.7. The maximum Gasteiger partial charge on any atom is 1.00 e. The van der Waals surface area contributed by atoms with Gasteiger partial charge in [0.05, 0.1) is 0 Å². The second kappa shape index (κ2) is 10.2. The molecule has 0 atom stereocenters. The summed E-state index contributed by atoms with van der Waals surface area (Å²) in [6.07, 6.45) is -1.83. The third-order valence-electron chi connectivity index (χ3n) is 0. The number of carboxylic acid groups (broad SMARTS) is 2. The molecule has 0 fully saturated rings. The molecule has 6 heavy (non-hydrogen) atoms. The molecule has 0 saturated carbocycles. The zero-order valence-corrected chi connectivity index (χ0v) is 8.40. The van der Waals surface area contributed by atoms with E-state index in [1.807, 2.05) is 0 Å². The normalized spacial score (nSPS) is 4.00. The van der Waals surface area contributed by atoms with Crippen molar-refractivity contribution < 1.29 is 106 Å². The Morgan fingerprint density at radius 3 is 1.50 bits per heavy atom. The topological polar surface area (TPSA) is 57.5 Å². The van der Waals surface area contributed by atoms with Gasteiger partial charge in [-0.2, -0.15) is 0 Å². The summed E-state index contributed by atoms with van der Waals surface area (Å²) in [5.74, 6) is 0. The predicted octanol–water partition coefficient (Wildman–Crippen LogP) is -2.66. The van der Waals surface area contributed by atoms with E-state index in [1.54, 1.807) is 0 Å². The minimum atomic E-state index is -1.83. The molecule has 0 aromatic rings. The van der Waals surface area contributed by atoms with Gasteiger partial charge in [-0.25, -0.2) is 4.79 Å². The van der Waals surface area contributed by atoms with Crippen LogP contribution in [0.25, 0.3) is 0 Å². The van der Waals surface area contributed by atoms with Crippen molar-refractivity contribution in [2.45, 2.75) is 0 Å². The molecule has 0 aliphatic heterocycles. The quantitative estimate of drug-likeness (QED) is 0.468. The van der Waals surface area contributed by atoms with Gasteiger partial charge in [-0.15, -0.1) is 0 Å². The van der Waals surface area contributed by atoms with E-state index in [1.165, 1.54) is 0 Å². The van der Waals surface area contributed by atoms with Crippen LogP contribution in [-0.4, -0.2) is 16.4 Å². The Morgan fingerprint density at radius 1 is 1.50 bits per heavy atom. The first-order chi connectivity index (χ1) is 1.73. The fraction of sp³-hybridized carbons (Fsp3) is 0. The van der Waals surface area contributed by atoms with Crippen LogP contribution < -0.4 is 51.4 Å². The third-order valence-corrected chi connectivity index (χ3v) is 0. The first-order valence-electron chi connectivity index (χ1n) is 0.651. The van der Waals surface area contributed by atoms with Gasteiger partial charge in [0.25, 0.3) is 0 Å². The Hall–Kier alpha value is 2.19. The van der Waals surface area contributed by atoms with Gasteiger partial charge in [-0.3, -0.25) is 0 Å². The summed E-state index contributed by atoms with van der Waals surface area (Å²) < 4.78 is 0. The maximum atomic E-state index is 8.56. The predicted molar refractivity (Wildman–Crippen MR) is 11.8 cm³/mol. The average Bonchev–Trinajstić information content (AvgIpc) is 0.811. The number of hydrogen-bond donors (Lipinski definition) is 2. The Kier molecular flexibility index (Phi) is 26.8. The molecule has 0 bridgehead atoms. The van der Waals surface area contributed by atoms with Crippen molar-refractivity contribution in [2.24, 2.45) is 0 Å².